The van der Waals surface area contributed by atoms with E-state index in [1.807, 2.05) is 31.2 Å². The molecule has 2 heterocycles. The zero-order chi connectivity index (χ0) is 19.7. The summed E-state index contributed by atoms with van der Waals surface area (Å²) in [5.41, 5.74) is 1.89. The second kappa shape index (κ2) is 7.81. The zero-order valence-electron chi connectivity index (χ0n) is 15.7. The number of halogens is 1. The lowest BCUT2D eigenvalue weighted by molar-refractivity contribution is 0.211. The number of nitrogens with one attached hydrogen (secondary N) is 1. The summed E-state index contributed by atoms with van der Waals surface area (Å²) < 4.78 is 0. The first kappa shape index (κ1) is 18.8. The fraction of sp³-hybridized carbons (Fsp3) is 0.333. The number of anilines is 1. The predicted octanol–water partition coefficient (Wildman–Crippen LogP) is 4.08. The number of aryl methyl sites for hydroxylation is 1. The maximum absolute atomic E-state index is 9.66. The first-order valence-electron chi connectivity index (χ1n) is 9.41. The lowest BCUT2D eigenvalue weighted by Crippen LogP contribution is -2.38. The third kappa shape index (κ3) is 4.13. The molecule has 1 saturated heterocycles. The van der Waals surface area contributed by atoms with Gasteiger partial charge in [0.1, 0.15) is 11.6 Å². The Kier molecular flexibility index (Phi) is 5.24. The van der Waals surface area contributed by atoms with E-state index in [2.05, 4.69) is 20.2 Å². The average molecular weight is 399 g/mol. The maximum atomic E-state index is 9.66. The summed E-state index contributed by atoms with van der Waals surface area (Å²) in [6.45, 7) is 4.55. The van der Waals surface area contributed by atoms with E-state index >= 15 is 0 Å². The summed E-state index contributed by atoms with van der Waals surface area (Å²) in [5.74, 6) is 1.42. The minimum atomic E-state index is -0.0841. The third-order valence-electron chi connectivity index (χ3n) is 5.14. The van der Waals surface area contributed by atoms with Gasteiger partial charge in [0.2, 0.25) is 0 Å². The second-order valence-corrected chi connectivity index (χ2v) is 7.74. The normalized spacial score (nSPS) is 15.8. The van der Waals surface area contributed by atoms with E-state index in [1.165, 1.54) is 6.07 Å². The van der Waals surface area contributed by atoms with Crippen LogP contribution in [0.1, 0.15) is 24.2 Å². The van der Waals surface area contributed by atoms with Crippen molar-refractivity contribution < 1.29 is 10.2 Å². The molecule has 2 aromatic carbocycles. The Morgan fingerprint density at radius 1 is 1.07 bits per heavy atom. The van der Waals surface area contributed by atoms with Gasteiger partial charge >= 0.3 is 0 Å². The number of hydrogen-bond donors (Lipinski definition) is 3. The van der Waals surface area contributed by atoms with Crippen LogP contribution in [0.25, 0.3) is 10.9 Å². The number of piperidine rings is 1. The number of aromatic nitrogens is 2. The van der Waals surface area contributed by atoms with Gasteiger partial charge in [-0.15, -0.1) is 0 Å². The average Bonchev–Trinajstić information content (AvgIpc) is 2.67. The van der Waals surface area contributed by atoms with Crippen LogP contribution >= 0.6 is 11.6 Å². The Morgan fingerprint density at radius 3 is 2.61 bits per heavy atom. The number of benzene rings is 2. The Balaban J connectivity index is 1.41. The first-order valence-corrected chi connectivity index (χ1v) is 9.79. The van der Waals surface area contributed by atoms with Gasteiger partial charge in [0, 0.05) is 36.1 Å². The van der Waals surface area contributed by atoms with E-state index in [9.17, 15) is 10.2 Å². The molecule has 146 valence electrons. The first-order chi connectivity index (χ1) is 13.5. The Morgan fingerprint density at radius 2 is 1.86 bits per heavy atom. The van der Waals surface area contributed by atoms with Crippen LogP contribution < -0.4 is 5.32 Å². The lowest BCUT2D eigenvalue weighted by atomic mass is 10.0. The smallest absolute Gasteiger partial charge is 0.157 e. The highest BCUT2D eigenvalue weighted by molar-refractivity contribution is 6.31. The molecule has 0 bridgehead atoms. The molecule has 0 unspecified atom stereocenters. The van der Waals surface area contributed by atoms with Gasteiger partial charge in [0.15, 0.2) is 11.5 Å². The number of aromatic hydroxyl groups is 2. The van der Waals surface area contributed by atoms with Gasteiger partial charge in [0.25, 0.3) is 0 Å². The van der Waals surface area contributed by atoms with Crippen molar-refractivity contribution in [3.8, 4) is 11.5 Å². The second-order valence-electron chi connectivity index (χ2n) is 7.30. The summed E-state index contributed by atoms with van der Waals surface area (Å²) >= 11 is 6.17. The van der Waals surface area contributed by atoms with Crippen LogP contribution in [0.15, 0.2) is 36.4 Å². The lowest BCUT2D eigenvalue weighted by Gasteiger charge is -2.32. The minimum Gasteiger partial charge on any atom is -0.504 e. The highest BCUT2D eigenvalue weighted by Gasteiger charge is 2.21. The molecule has 0 saturated carbocycles. The highest BCUT2D eigenvalue weighted by Crippen LogP contribution is 2.28. The molecular formula is C21H23ClN4O2. The highest BCUT2D eigenvalue weighted by atomic mass is 35.5. The van der Waals surface area contributed by atoms with Gasteiger partial charge in [-0.25, -0.2) is 9.97 Å². The Bertz CT molecular complexity index is 1000. The van der Waals surface area contributed by atoms with Crippen LogP contribution in [0.3, 0.4) is 0 Å². The van der Waals surface area contributed by atoms with E-state index in [4.69, 9.17) is 11.6 Å². The topological polar surface area (TPSA) is 81.5 Å². The minimum absolute atomic E-state index is 0.0706. The largest absolute Gasteiger partial charge is 0.504 e. The van der Waals surface area contributed by atoms with Gasteiger partial charge in [-0.3, -0.25) is 4.90 Å². The van der Waals surface area contributed by atoms with E-state index in [0.717, 1.165) is 60.6 Å². The number of hydrogen-bond acceptors (Lipinski definition) is 6. The van der Waals surface area contributed by atoms with Crippen LogP contribution in [0, 0.1) is 6.92 Å². The monoisotopic (exact) mass is 398 g/mol. The van der Waals surface area contributed by atoms with Crippen molar-refractivity contribution in [2.45, 2.75) is 32.4 Å². The molecule has 1 aliphatic heterocycles. The molecule has 0 radical (unpaired) electrons. The molecule has 1 aromatic heterocycles. The number of likely N-dealkylation sites (tertiary alicyclic amines) is 1. The maximum Gasteiger partial charge on any atom is 0.157 e. The number of phenolic OH excluding ortho intramolecular Hbond substituents is 2. The van der Waals surface area contributed by atoms with Gasteiger partial charge in [-0.2, -0.15) is 0 Å². The fourth-order valence-electron chi connectivity index (χ4n) is 3.68. The van der Waals surface area contributed by atoms with Crippen molar-refractivity contribution in [1.29, 1.82) is 0 Å². The van der Waals surface area contributed by atoms with Crippen molar-refractivity contribution in [2.24, 2.45) is 0 Å². The van der Waals surface area contributed by atoms with Gasteiger partial charge in [-0.1, -0.05) is 17.7 Å². The summed E-state index contributed by atoms with van der Waals surface area (Å²) in [7, 11) is 0. The SMILES string of the molecule is Cc1nc(NC2CCN(Cc3ccc(O)c(O)c3)CC2)c2cc(Cl)ccc2n1. The van der Waals surface area contributed by atoms with E-state index < -0.39 is 0 Å². The van der Waals surface area contributed by atoms with Crippen molar-refractivity contribution in [3.63, 3.8) is 0 Å². The van der Waals surface area contributed by atoms with Crippen LogP contribution in [0.5, 0.6) is 11.5 Å². The summed E-state index contributed by atoms with van der Waals surface area (Å²) in [6.07, 6.45) is 1.99. The van der Waals surface area contributed by atoms with Crippen molar-refractivity contribution >= 4 is 28.3 Å². The molecule has 3 aromatic rings. The standard InChI is InChI=1S/C21H23ClN4O2/c1-13-23-18-4-3-15(22)11-17(18)21(24-13)25-16-6-8-26(9-7-16)12-14-2-5-19(27)20(28)10-14/h2-5,10-11,16,27-28H,6-9,12H2,1H3,(H,23,24,25). The molecule has 0 amide bonds. The van der Waals surface area contributed by atoms with Crippen LogP contribution in [-0.4, -0.2) is 44.2 Å². The Hall–Kier alpha value is -2.57. The van der Waals surface area contributed by atoms with Crippen molar-refractivity contribution in [3.05, 3.63) is 52.8 Å². The number of phenols is 2. The summed E-state index contributed by atoms with van der Waals surface area (Å²) in [5, 5.41) is 24.3. The van der Waals surface area contributed by atoms with Crippen LogP contribution in [0.2, 0.25) is 5.02 Å². The predicted molar refractivity (Wildman–Crippen MR) is 111 cm³/mol. The molecule has 4 rings (SSSR count). The summed E-state index contributed by atoms with van der Waals surface area (Å²) in [6, 6.07) is 11.0. The zero-order valence-corrected chi connectivity index (χ0v) is 16.4. The number of rotatable bonds is 4. The Labute approximate surface area is 168 Å². The number of nitrogens with zero attached hydrogens (tertiary/aromatic N) is 3. The molecule has 28 heavy (non-hydrogen) atoms. The third-order valence-corrected chi connectivity index (χ3v) is 5.38. The van der Waals surface area contributed by atoms with Crippen molar-refractivity contribution in [1.82, 2.24) is 14.9 Å². The van der Waals surface area contributed by atoms with Gasteiger partial charge < -0.3 is 15.5 Å². The summed E-state index contributed by atoms with van der Waals surface area (Å²) in [4.78, 5) is 11.4. The number of fused-ring (bicyclic) bond motifs is 1. The molecular weight excluding hydrogens is 376 g/mol. The molecule has 1 aliphatic rings. The molecule has 0 spiro atoms. The van der Waals surface area contributed by atoms with E-state index in [1.54, 1.807) is 6.07 Å². The molecule has 7 heteroatoms. The molecule has 0 aliphatic carbocycles. The van der Waals surface area contributed by atoms with Gasteiger partial charge in [0.05, 0.1) is 5.52 Å². The quantitative estimate of drug-likeness (QED) is 0.574. The van der Waals surface area contributed by atoms with Crippen molar-refractivity contribution in [2.75, 3.05) is 18.4 Å². The van der Waals surface area contributed by atoms with Crippen LogP contribution in [-0.2, 0) is 6.54 Å². The molecule has 3 N–H and O–H groups in total. The molecule has 6 nitrogen and oxygen atoms in total. The molecule has 0 atom stereocenters. The van der Waals surface area contributed by atoms with E-state index in [-0.39, 0.29) is 11.5 Å². The van der Waals surface area contributed by atoms with Gasteiger partial charge in [-0.05, 0) is 55.7 Å². The van der Waals surface area contributed by atoms with E-state index in [0.29, 0.717) is 11.1 Å². The fourth-order valence-corrected chi connectivity index (χ4v) is 3.85. The molecule has 1 fully saturated rings. The van der Waals surface area contributed by atoms with Crippen LogP contribution in [0.4, 0.5) is 5.82 Å².